The summed E-state index contributed by atoms with van der Waals surface area (Å²) < 4.78 is 0. The number of aromatic hydroxyl groups is 1. The van der Waals surface area contributed by atoms with Crippen molar-refractivity contribution in [2.75, 3.05) is 44.2 Å². The van der Waals surface area contributed by atoms with Gasteiger partial charge in [0.1, 0.15) is 5.75 Å². The third-order valence-electron chi connectivity index (χ3n) is 7.26. The average Bonchev–Trinajstić information content (AvgIpc) is 3.13. The number of phenols is 1. The molecule has 0 aromatic heterocycles. The molecule has 38 heavy (non-hydrogen) atoms. The van der Waals surface area contributed by atoms with Crippen molar-refractivity contribution >= 4 is 29.2 Å². The smallest absolute Gasteiger partial charge is 0.328 e. The number of phenolic OH excluding ortho intramolecular Hbond substituents is 1. The van der Waals surface area contributed by atoms with Crippen molar-refractivity contribution in [2.45, 2.75) is 40.2 Å². The predicted molar refractivity (Wildman–Crippen MR) is 150 cm³/mol. The molecule has 1 saturated heterocycles. The zero-order chi connectivity index (χ0) is 28.0. The minimum Gasteiger partial charge on any atom is -0.507 e. The fourth-order valence-electron chi connectivity index (χ4n) is 5.33. The van der Waals surface area contributed by atoms with E-state index >= 15 is 0 Å². The predicted octanol–water partition coefficient (Wildman–Crippen LogP) is 4.41. The van der Waals surface area contributed by atoms with E-state index in [0.29, 0.717) is 17.9 Å². The number of nitrogens with one attached hydrogen (secondary N) is 1. The molecule has 0 radical (unpaired) electrons. The van der Waals surface area contributed by atoms with Crippen LogP contribution in [-0.4, -0.2) is 71.4 Å². The quantitative estimate of drug-likeness (QED) is 0.380. The molecule has 4 N–H and O–H groups in total. The highest BCUT2D eigenvalue weighted by Gasteiger charge is 2.41. The molecule has 4 rings (SSSR count). The Morgan fingerprint density at radius 1 is 1.05 bits per heavy atom. The highest BCUT2D eigenvalue weighted by Crippen LogP contribution is 2.50. The summed E-state index contributed by atoms with van der Waals surface area (Å²) in [6.45, 7) is 14.9. The van der Waals surface area contributed by atoms with Gasteiger partial charge in [-0.15, -0.1) is 0 Å². The number of carboxylic acid groups (broad SMARTS) is 2. The van der Waals surface area contributed by atoms with Crippen molar-refractivity contribution < 1.29 is 24.9 Å². The molecule has 2 aromatic rings. The number of hydrogen-bond donors (Lipinski definition) is 4. The van der Waals surface area contributed by atoms with Crippen molar-refractivity contribution in [3.8, 4) is 5.75 Å². The van der Waals surface area contributed by atoms with E-state index < -0.39 is 11.9 Å². The maximum absolute atomic E-state index is 10.8. The molecule has 1 aliphatic carbocycles. The van der Waals surface area contributed by atoms with E-state index in [1.165, 1.54) is 16.8 Å². The highest BCUT2D eigenvalue weighted by molar-refractivity contribution is 6.30. The summed E-state index contributed by atoms with van der Waals surface area (Å²) in [7, 11) is 0. The number of hydrogen-bond acceptors (Lipinski definition) is 6. The molecular formula is C29H38ClN3O5. The van der Waals surface area contributed by atoms with Crippen LogP contribution in [0.3, 0.4) is 0 Å². The minimum absolute atomic E-state index is 0.101. The van der Waals surface area contributed by atoms with Gasteiger partial charge in [-0.05, 0) is 60.6 Å². The summed E-state index contributed by atoms with van der Waals surface area (Å²) in [6.07, 6.45) is 2.13. The molecule has 206 valence electrons. The van der Waals surface area contributed by atoms with E-state index in [9.17, 15) is 14.7 Å². The van der Waals surface area contributed by atoms with Gasteiger partial charge in [-0.2, -0.15) is 0 Å². The van der Waals surface area contributed by atoms with Gasteiger partial charge in [-0.1, -0.05) is 37.6 Å². The molecule has 0 amide bonds. The summed E-state index contributed by atoms with van der Waals surface area (Å²) in [6, 6.07) is 10.4. The highest BCUT2D eigenvalue weighted by atomic mass is 35.5. The van der Waals surface area contributed by atoms with Gasteiger partial charge in [0.05, 0.1) is 0 Å². The van der Waals surface area contributed by atoms with Crippen LogP contribution in [0.4, 0.5) is 5.69 Å². The topological polar surface area (TPSA) is 113 Å². The fraction of sp³-hybridized carbons (Fsp3) is 0.448. The van der Waals surface area contributed by atoms with Gasteiger partial charge in [0.2, 0.25) is 0 Å². The van der Waals surface area contributed by atoms with Crippen molar-refractivity contribution in [3.05, 3.63) is 69.8 Å². The van der Waals surface area contributed by atoms with Crippen molar-refractivity contribution in [1.29, 1.82) is 0 Å². The Balaban J connectivity index is 0.000000436. The van der Waals surface area contributed by atoms with Crippen LogP contribution >= 0.6 is 11.6 Å². The lowest BCUT2D eigenvalue weighted by Gasteiger charge is -2.37. The van der Waals surface area contributed by atoms with E-state index in [1.807, 2.05) is 19.1 Å². The Hall–Kier alpha value is -3.07. The van der Waals surface area contributed by atoms with Gasteiger partial charge >= 0.3 is 11.9 Å². The number of aliphatic carboxylic acids is 2. The molecule has 9 heteroatoms. The van der Waals surface area contributed by atoms with Gasteiger partial charge in [0, 0.05) is 73.7 Å². The number of nitrogens with zero attached hydrogens (tertiary/aromatic N) is 2. The molecule has 0 saturated carbocycles. The van der Waals surface area contributed by atoms with Gasteiger partial charge in [0.25, 0.3) is 0 Å². The molecule has 8 nitrogen and oxygen atoms in total. The van der Waals surface area contributed by atoms with Crippen LogP contribution in [0.5, 0.6) is 5.75 Å². The third kappa shape index (κ3) is 7.49. The minimum atomic E-state index is -1.26. The molecule has 0 spiro atoms. The molecule has 2 aliphatic rings. The Labute approximate surface area is 229 Å². The monoisotopic (exact) mass is 543 g/mol. The first-order valence-corrected chi connectivity index (χ1v) is 13.2. The number of piperazine rings is 1. The number of halogens is 1. The van der Waals surface area contributed by atoms with Crippen LogP contribution in [-0.2, 0) is 16.0 Å². The number of benzene rings is 2. The molecule has 1 aliphatic heterocycles. The van der Waals surface area contributed by atoms with E-state index in [4.69, 9.17) is 21.8 Å². The standard InChI is InChI=1S/C25H34ClN3O.C4H4O4/c1-17-14-18(2)23(30)22-21(17)16-25(3,4)24(22)27-8-9-28-10-12-29(13-11-28)20-7-5-6-19(26)15-20;5-3(6)1-2-4(7)8/h5-7,14-15,24,27,30H,8-13,16H2,1-4H3;1-2H,(H,5,6)(H,7,8). The molecule has 2 aromatic carbocycles. The Morgan fingerprint density at radius 3 is 2.26 bits per heavy atom. The molecule has 1 heterocycles. The van der Waals surface area contributed by atoms with Crippen molar-refractivity contribution in [2.24, 2.45) is 5.41 Å². The van der Waals surface area contributed by atoms with E-state index in [1.54, 1.807) is 0 Å². The number of carbonyl (C=O) groups is 2. The van der Waals surface area contributed by atoms with Crippen LogP contribution in [0.2, 0.25) is 5.02 Å². The summed E-state index contributed by atoms with van der Waals surface area (Å²) in [5.41, 5.74) is 6.05. The number of fused-ring (bicyclic) bond motifs is 1. The van der Waals surface area contributed by atoms with Crippen LogP contribution in [0.25, 0.3) is 0 Å². The zero-order valence-electron chi connectivity index (χ0n) is 22.5. The molecule has 1 unspecified atom stereocenters. The van der Waals surface area contributed by atoms with E-state index in [-0.39, 0.29) is 11.5 Å². The Bertz CT molecular complexity index is 1170. The van der Waals surface area contributed by atoms with Gasteiger partial charge in [0.15, 0.2) is 0 Å². The lowest BCUT2D eigenvalue weighted by molar-refractivity contribution is -0.134. The molecule has 1 atom stereocenters. The molecular weight excluding hydrogens is 506 g/mol. The SMILES string of the molecule is Cc1cc(C)c2c(c1O)C(NCCN1CCN(c3cccc(Cl)c3)CC1)C(C)(C)C2.O=C(O)C=CC(=O)O. The van der Waals surface area contributed by atoms with Crippen LogP contribution in [0.1, 0.15) is 42.1 Å². The van der Waals surface area contributed by atoms with Gasteiger partial charge in [-0.3, -0.25) is 4.90 Å². The second-order valence-corrected chi connectivity index (χ2v) is 11.1. The fourth-order valence-corrected chi connectivity index (χ4v) is 5.52. The Morgan fingerprint density at radius 2 is 1.68 bits per heavy atom. The summed E-state index contributed by atoms with van der Waals surface area (Å²) >= 11 is 6.15. The van der Waals surface area contributed by atoms with E-state index in [0.717, 1.165) is 61.8 Å². The molecule has 1 fully saturated rings. The van der Waals surface area contributed by atoms with Gasteiger partial charge < -0.3 is 25.5 Å². The number of carboxylic acids is 2. The lowest BCUT2D eigenvalue weighted by atomic mass is 9.85. The normalized spacial score (nSPS) is 18.7. The summed E-state index contributed by atoms with van der Waals surface area (Å²) in [4.78, 5) is 24.0. The summed E-state index contributed by atoms with van der Waals surface area (Å²) in [5, 5.41) is 31.0. The maximum Gasteiger partial charge on any atom is 0.328 e. The van der Waals surface area contributed by atoms with Crippen LogP contribution in [0, 0.1) is 19.3 Å². The summed E-state index contributed by atoms with van der Waals surface area (Å²) in [5.74, 6) is -2.03. The molecule has 0 bridgehead atoms. The lowest BCUT2D eigenvalue weighted by Crippen LogP contribution is -2.48. The van der Waals surface area contributed by atoms with Crippen LogP contribution in [0.15, 0.2) is 42.5 Å². The number of rotatable bonds is 7. The number of aryl methyl sites for hydroxylation is 2. The first-order valence-electron chi connectivity index (χ1n) is 12.8. The van der Waals surface area contributed by atoms with Crippen molar-refractivity contribution in [1.82, 2.24) is 10.2 Å². The van der Waals surface area contributed by atoms with Gasteiger partial charge in [-0.25, -0.2) is 9.59 Å². The van der Waals surface area contributed by atoms with E-state index in [2.05, 4.69) is 54.1 Å². The number of anilines is 1. The zero-order valence-corrected chi connectivity index (χ0v) is 23.3. The largest absolute Gasteiger partial charge is 0.507 e. The third-order valence-corrected chi connectivity index (χ3v) is 7.49. The average molecular weight is 544 g/mol. The second kappa shape index (κ2) is 12.7. The maximum atomic E-state index is 10.8. The first-order chi connectivity index (χ1) is 17.9. The first kappa shape index (κ1) is 29.5. The Kier molecular flexibility index (Phi) is 9.82. The van der Waals surface area contributed by atoms with Crippen LogP contribution < -0.4 is 10.2 Å². The van der Waals surface area contributed by atoms with Crippen molar-refractivity contribution in [3.63, 3.8) is 0 Å². The second-order valence-electron chi connectivity index (χ2n) is 10.6.